The Morgan fingerprint density at radius 2 is 1.94 bits per heavy atom. The van der Waals surface area contributed by atoms with Gasteiger partial charge in [-0.05, 0) is 36.5 Å². The average molecular weight is 434 g/mol. The number of pyridine rings is 1. The topological polar surface area (TPSA) is 75.4 Å². The maximum Gasteiger partial charge on any atom is 0.254 e. The summed E-state index contributed by atoms with van der Waals surface area (Å²) in [6.45, 7) is 4.17. The molecule has 0 atom stereocenters. The fourth-order valence-electron chi connectivity index (χ4n) is 3.94. The summed E-state index contributed by atoms with van der Waals surface area (Å²) < 4.78 is 5.38. The molecule has 1 aromatic carbocycles. The largest absolute Gasteiger partial charge is 0.339 e. The summed E-state index contributed by atoms with van der Waals surface area (Å²) in [5.74, 6) is 1.44. The first-order valence-corrected chi connectivity index (χ1v) is 11.4. The molecule has 0 spiro atoms. The second-order valence-electron chi connectivity index (χ2n) is 7.60. The van der Waals surface area contributed by atoms with Crippen LogP contribution in [0.15, 0.2) is 58.6 Å². The first-order chi connectivity index (χ1) is 15.3. The van der Waals surface area contributed by atoms with Crippen molar-refractivity contribution in [2.45, 2.75) is 12.8 Å². The Morgan fingerprint density at radius 3 is 2.77 bits per heavy atom. The molecule has 3 aromatic heterocycles. The number of carbonyl (C=O) groups excluding carboxylic acids is 1. The highest BCUT2D eigenvalue weighted by Gasteiger charge is 2.23. The molecule has 0 aliphatic carbocycles. The average Bonchev–Trinajstić information content (AvgIpc) is 3.51. The van der Waals surface area contributed by atoms with E-state index in [1.165, 1.54) is 0 Å². The SMILES string of the molecule is O=C(c1ccnc2ccccc12)N1CCN(CCCc2nc(-c3cccs3)no2)CC1. The molecule has 1 aliphatic heterocycles. The number of aromatic nitrogens is 3. The Morgan fingerprint density at radius 1 is 1.06 bits per heavy atom. The predicted molar refractivity (Wildman–Crippen MR) is 120 cm³/mol. The fourth-order valence-corrected chi connectivity index (χ4v) is 4.59. The van der Waals surface area contributed by atoms with Crippen molar-refractivity contribution in [2.24, 2.45) is 0 Å². The van der Waals surface area contributed by atoms with Crippen molar-refractivity contribution in [1.82, 2.24) is 24.9 Å². The summed E-state index contributed by atoms with van der Waals surface area (Å²) in [4.78, 5) is 27.3. The van der Waals surface area contributed by atoms with Crippen LogP contribution >= 0.6 is 11.3 Å². The molecule has 0 N–H and O–H groups in total. The van der Waals surface area contributed by atoms with Crippen LogP contribution in [0.2, 0.25) is 0 Å². The molecule has 0 bridgehead atoms. The molecule has 5 rings (SSSR count). The van der Waals surface area contributed by atoms with Gasteiger partial charge in [-0.3, -0.25) is 14.7 Å². The van der Waals surface area contributed by atoms with Crippen LogP contribution in [0.3, 0.4) is 0 Å². The van der Waals surface area contributed by atoms with Gasteiger partial charge < -0.3 is 9.42 Å². The number of thiophene rings is 1. The van der Waals surface area contributed by atoms with Crippen molar-refractivity contribution in [1.29, 1.82) is 0 Å². The van der Waals surface area contributed by atoms with Gasteiger partial charge in [0.15, 0.2) is 0 Å². The molecule has 0 radical (unpaired) electrons. The molecular weight excluding hydrogens is 410 g/mol. The Kier molecular flexibility index (Phi) is 5.73. The lowest BCUT2D eigenvalue weighted by atomic mass is 10.1. The first-order valence-electron chi connectivity index (χ1n) is 10.5. The highest BCUT2D eigenvalue weighted by molar-refractivity contribution is 7.13. The number of piperazine rings is 1. The summed E-state index contributed by atoms with van der Waals surface area (Å²) in [6.07, 6.45) is 3.43. The minimum absolute atomic E-state index is 0.0882. The quantitative estimate of drug-likeness (QED) is 0.461. The number of rotatable bonds is 6. The first kappa shape index (κ1) is 19.8. The van der Waals surface area contributed by atoms with Crippen molar-refractivity contribution < 1.29 is 9.32 Å². The Hall–Kier alpha value is -3.10. The monoisotopic (exact) mass is 433 g/mol. The normalized spacial score (nSPS) is 14.9. The van der Waals surface area contributed by atoms with E-state index in [0.29, 0.717) is 11.7 Å². The minimum Gasteiger partial charge on any atom is -0.339 e. The van der Waals surface area contributed by atoms with E-state index in [0.717, 1.165) is 66.9 Å². The third-order valence-electron chi connectivity index (χ3n) is 5.61. The Balaban J connectivity index is 1.12. The molecule has 7 nitrogen and oxygen atoms in total. The van der Waals surface area contributed by atoms with Crippen molar-refractivity contribution >= 4 is 28.1 Å². The number of para-hydroxylation sites is 1. The van der Waals surface area contributed by atoms with E-state index in [4.69, 9.17) is 4.52 Å². The van der Waals surface area contributed by atoms with E-state index in [-0.39, 0.29) is 5.91 Å². The van der Waals surface area contributed by atoms with Gasteiger partial charge in [0.05, 0.1) is 16.0 Å². The van der Waals surface area contributed by atoms with E-state index < -0.39 is 0 Å². The molecule has 8 heteroatoms. The Bertz CT molecular complexity index is 1160. The maximum atomic E-state index is 13.1. The van der Waals surface area contributed by atoms with Crippen molar-refractivity contribution in [2.75, 3.05) is 32.7 Å². The number of aryl methyl sites for hydroxylation is 1. The lowest BCUT2D eigenvalue weighted by molar-refractivity contribution is 0.0637. The zero-order valence-corrected chi connectivity index (χ0v) is 17.9. The molecule has 1 fully saturated rings. The smallest absolute Gasteiger partial charge is 0.254 e. The van der Waals surface area contributed by atoms with Gasteiger partial charge in [-0.25, -0.2) is 0 Å². The number of fused-ring (bicyclic) bond motifs is 1. The number of benzene rings is 1. The van der Waals surface area contributed by atoms with Crippen molar-refractivity contribution in [3.8, 4) is 10.7 Å². The van der Waals surface area contributed by atoms with Crippen LogP contribution in [0.25, 0.3) is 21.6 Å². The molecule has 1 aliphatic rings. The molecule has 0 unspecified atom stereocenters. The highest BCUT2D eigenvalue weighted by Crippen LogP contribution is 2.22. The molecule has 4 heterocycles. The van der Waals surface area contributed by atoms with E-state index >= 15 is 0 Å². The van der Waals surface area contributed by atoms with Gasteiger partial charge >= 0.3 is 0 Å². The van der Waals surface area contributed by atoms with Crippen molar-refractivity contribution in [3.05, 3.63) is 65.5 Å². The lowest BCUT2D eigenvalue weighted by Crippen LogP contribution is -2.48. The third-order valence-corrected chi connectivity index (χ3v) is 6.48. The number of amides is 1. The fraction of sp³-hybridized carbons (Fsp3) is 0.304. The third kappa shape index (κ3) is 4.35. The summed E-state index contributed by atoms with van der Waals surface area (Å²) in [6, 6.07) is 13.6. The van der Waals surface area contributed by atoms with Crippen molar-refractivity contribution in [3.63, 3.8) is 0 Å². The van der Waals surface area contributed by atoms with Gasteiger partial charge in [0.1, 0.15) is 0 Å². The predicted octanol–water partition coefficient (Wildman–Crippen LogP) is 3.74. The van der Waals surface area contributed by atoms with Crippen LogP contribution in [-0.2, 0) is 6.42 Å². The van der Waals surface area contributed by atoms with E-state index in [1.807, 2.05) is 52.7 Å². The molecule has 1 saturated heterocycles. The molecular formula is C23H23N5O2S. The molecule has 4 aromatic rings. The van der Waals surface area contributed by atoms with E-state index in [2.05, 4.69) is 20.0 Å². The number of nitrogens with zero attached hydrogens (tertiary/aromatic N) is 5. The lowest BCUT2D eigenvalue weighted by Gasteiger charge is -2.34. The number of hydrogen-bond acceptors (Lipinski definition) is 7. The van der Waals surface area contributed by atoms with Gasteiger partial charge in [-0.2, -0.15) is 4.98 Å². The summed E-state index contributed by atoms with van der Waals surface area (Å²) in [5.41, 5.74) is 1.59. The van der Waals surface area contributed by atoms with Crippen LogP contribution in [0.5, 0.6) is 0 Å². The van der Waals surface area contributed by atoms with Gasteiger partial charge in [-0.15, -0.1) is 11.3 Å². The number of hydrogen-bond donors (Lipinski definition) is 0. The molecule has 158 valence electrons. The van der Waals surface area contributed by atoms with Gasteiger partial charge in [0.2, 0.25) is 11.7 Å². The summed E-state index contributed by atoms with van der Waals surface area (Å²) in [5, 5.41) is 6.99. The summed E-state index contributed by atoms with van der Waals surface area (Å²) >= 11 is 1.61. The highest BCUT2D eigenvalue weighted by atomic mass is 32.1. The van der Waals surface area contributed by atoms with Crippen LogP contribution < -0.4 is 0 Å². The zero-order chi connectivity index (χ0) is 21.0. The van der Waals surface area contributed by atoms with Gasteiger partial charge in [-0.1, -0.05) is 29.4 Å². The molecule has 31 heavy (non-hydrogen) atoms. The summed E-state index contributed by atoms with van der Waals surface area (Å²) in [7, 11) is 0. The minimum atomic E-state index is 0.0882. The number of carbonyl (C=O) groups is 1. The zero-order valence-electron chi connectivity index (χ0n) is 17.1. The Labute approximate surface area is 184 Å². The van der Waals surface area contributed by atoms with Crippen LogP contribution in [-0.4, -0.2) is 63.6 Å². The standard InChI is InChI=1S/C23H23N5O2S/c29-23(18-9-10-24-19-6-2-1-5-17(18)19)28-14-12-27(13-15-28)11-3-8-21-25-22(26-30-21)20-7-4-16-31-20/h1-2,4-7,9-10,16H,3,8,11-15H2. The molecule has 1 amide bonds. The molecule has 0 saturated carbocycles. The van der Waals surface area contributed by atoms with Gasteiger partial charge in [0, 0.05) is 44.2 Å². The van der Waals surface area contributed by atoms with Crippen LogP contribution in [0, 0.1) is 0 Å². The second kappa shape index (κ2) is 8.95. The van der Waals surface area contributed by atoms with Crippen LogP contribution in [0.1, 0.15) is 22.7 Å². The maximum absolute atomic E-state index is 13.1. The van der Waals surface area contributed by atoms with Crippen LogP contribution in [0.4, 0.5) is 0 Å². The van der Waals surface area contributed by atoms with E-state index in [9.17, 15) is 4.79 Å². The van der Waals surface area contributed by atoms with E-state index in [1.54, 1.807) is 17.5 Å². The second-order valence-corrected chi connectivity index (χ2v) is 8.55. The van der Waals surface area contributed by atoms with Gasteiger partial charge in [0.25, 0.3) is 5.91 Å².